The van der Waals surface area contributed by atoms with Crippen molar-refractivity contribution in [3.8, 4) is 0 Å². The average molecular weight is 186 g/mol. The van der Waals surface area contributed by atoms with Gasteiger partial charge in [0.25, 0.3) is 0 Å². The van der Waals surface area contributed by atoms with Gasteiger partial charge in [0.05, 0.1) is 18.5 Å². The number of hydrogen-bond donors (Lipinski definition) is 0. The molecule has 0 fully saturated rings. The number of carbonyl (C=O) groups is 2. The summed E-state index contributed by atoms with van der Waals surface area (Å²) in [5.41, 5.74) is -0.326. The molecule has 13 heavy (non-hydrogen) atoms. The molecule has 0 aliphatic rings. The zero-order valence-electron chi connectivity index (χ0n) is 7.24. The van der Waals surface area contributed by atoms with Crippen molar-refractivity contribution in [2.75, 3.05) is 13.2 Å². The van der Waals surface area contributed by atoms with Gasteiger partial charge < -0.3 is 24.5 Å². The average Bonchev–Trinajstić information content (AvgIpc) is 2.02. The lowest BCUT2D eigenvalue weighted by atomic mass is 10.2. The summed E-state index contributed by atoms with van der Waals surface area (Å²) in [5.74, 6) is -3.06. The lowest BCUT2D eigenvalue weighted by molar-refractivity contribution is -0.303. The second kappa shape index (κ2) is 6.19. The molecule has 0 aromatic carbocycles. The molecule has 0 aliphatic carbocycles. The molecule has 0 spiro atoms. The molecule has 0 bridgehead atoms. The first-order valence-corrected chi connectivity index (χ1v) is 3.78. The number of carboxylic acid groups (broad SMARTS) is 2. The van der Waals surface area contributed by atoms with Gasteiger partial charge in [0, 0.05) is 6.61 Å². The van der Waals surface area contributed by atoms with Gasteiger partial charge in [-0.05, 0) is 25.0 Å². The highest BCUT2D eigenvalue weighted by molar-refractivity contribution is 5.92. The zero-order valence-corrected chi connectivity index (χ0v) is 7.24. The summed E-state index contributed by atoms with van der Waals surface area (Å²) in [6.07, 6.45) is 0.512. The summed E-state index contributed by atoms with van der Waals surface area (Å²) in [5, 5.41) is 20.3. The van der Waals surface area contributed by atoms with Gasteiger partial charge >= 0.3 is 0 Å². The van der Waals surface area contributed by atoms with E-state index in [0.29, 0.717) is 12.7 Å². The molecule has 5 nitrogen and oxygen atoms in total. The minimum Gasteiger partial charge on any atom is -0.545 e. The third-order valence-corrected chi connectivity index (χ3v) is 1.27. The molecule has 5 heteroatoms. The Morgan fingerprint density at radius 3 is 2.38 bits per heavy atom. The highest BCUT2D eigenvalue weighted by Gasteiger charge is 1.98. The van der Waals surface area contributed by atoms with Gasteiger partial charge in [-0.15, -0.1) is 0 Å². The van der Waals surface area contributed by atoms with Gasteiger partial charge in [-0.2, -0.15) is 0 Å². The number of ether oxygens (including phenoxy) is 1. The Labute approximate surface area is 75.6 Å². The van der Waals surface area contributed by atoms with Crippen molar-refractivity contribution in [1.29, 1.82) is 0 Å². The lowest BCUT2D eigenvalue weighted by Gasteiger charge is -2.08. The van der Waals surface area contributed by atoms with Gasteiger partial charge in [-0.25, -0.2) is 0 Å². The molecule has 0 atom stereocenters. The summed E-state index contributed by atoms with van der Waals surface area (Å²) in [6, 6.07) is 0. The van der Waals surface area contributed by atoms with E-state index in [9.17, 15) is 19.8 Å². The lowest BCUT2D eigenvalue weighted by Crippen LogP contribution is -2.28. The van der Waals surface area contributed by atoms with Crippen LogP contribution in [0.25, 0.3) is 0 Å². The molecule has 0 saturated carbocycles. The van der Waals surface area contributed by atoms with Crippen molar-refractivity contribution in [3.63, 3.8) is 0 Å². The van der Waals surface area contributed by atoms with E-state index in [1.165, 1.54) is 0 Å². The Hall–Kier alpha value is -1.36. The van der Waals surface area contributed by atoms with Gasteiger partial charge in [0.15, 0.2) is 0 Å². The van der Waals surface area contributed by atoms with E-state index in [0.717, 1.165) is 0 Å². The molecule has 0 unspecified atom stereocenters. The number of hydrogen-bond acceptors (Lipinski definition) is 5. The molecule has 0 saturated heterocycles. The predicted molar refractivity (Wildman–Crippen MR) is 39.2 cm³/mol. The van der Waals surface area contributed by atoms with E-state index < -0.39 is 11.9 Å². The summed E-state index contributed by atoms with van der Waals surface area (Å²) in [4.78, 5) is 20.3. The van der Waals surface area contributed by atoms with E-state index in [4.69, 9.17) is 4.74 Å². The standard InChI is InChI=1S/C8H12O5/c1-2-13-4-3-6(8(11)12)5-7(9)10/h5H,2-4H2,1H3,(H,9,10)(H,11,12)/p-2/b6-5-. The highest BCUT2D eigenvalue weighted by atomic mass is 16.5. The molecule has 0 aliphatic heterocycles. The normalized spacial score (nSPS) is 11.3. The number of carboxylic acids is 2. The number of carbonyl (C=O) groups excluding carboxylic acids is 2. The fourth-order valence-electron chi connectivity index (χ4n) is 0.702. The van der Waals surface area contributed by atoms with Crippen LogP contribution in [-0.4, -0.2) is 25.2 Å². The number of rotatable bonds is 6. The molecular formula is C8H10O5-2. The van der Waals surface area contributed by atoms with Crippen molar-refractivity contribution in [3.05, 3.63) is 11.6 Å². The Morgan fingerprint density at radius 2 is 2.00 bits per heavy atom. The van der Waals surface area contributed by atoms with Crippen LogP contribution in [0.4, 0.5) is 0 Å². The van der Waals surface area contributed by atoms with Crippen molar-refractivity contribution >= 4 is 11.9 Å². The maximum absolute atomic E-state index is 10.3. The first-order chi connectivity index (χ1) is 6.07. The fourth-order valence-corrected chi connectivity index (χ4v) is 0.702. The SMILES string of the molecule is CCOCC/C(=C/C(=O)[O-])C(=O)[O-]. The van der Waals surface area contributed by atoms with Crippen LogP contribution in [0.2, 0.25) is 0 Å². The Kier molecular flexibility index (Phi) is 5.54. The Balaban J connectivity index is 4.11. The topological polar surface area (TPSA) is 89.5 Å². The summed E-state index contributed by atoms with van der Waals surface area (Å²) < 4.78 is 4.85. The van der Waals surface area contributed by atoms with Crippen LogP contribution in [0, 0.1) is 0 Å². The molecule has 0 rings (SSSR count). The molecule has 0 amide bonds. The molecule has 0 radical (unpaired) electrons. The van der Waals surface area contributed by atoms with Crippen LogP contribution in [0.3, 0.4) is 0 Å². The number of aliphatic carboxylic acids is 2. The van der Waals surface area contributed by atoms with Crippen LogP contribution < -0.4 is 10.2 Å². The zero-order chi connectivity index (χ0) is 10.3. The van der Waals surface area contributed by atoms with Crippen molar-refractivity contribution in [2.24, 2.45) is 0 Å². The van der Waals surface area contributed by atoms with Gasteiger partial charge in [0.2, 0.25) is 0 Å². The fraction of sp³-hybridized carbons (Fsp3) is 0.500. The third-order valence-electron chi connectivity index (χ3n) is 1.27. The second-order valence-electron chi connectivity index (χ2n) is 2.22. The molecule has 0 N–H and O–H groups in total. The van der Waals surface area contributed by atoms with Crippen LogP contribution in [0.15, 0.2) is 11.6 Å². The summed E-state index contributed by atoms with van der Waals surface area (Å²) >= 11 is 0. The predicted octanol–water partition coefficient (Wildman–Crippen LogP) is -2.16. The second-order valence-corrected chi connectivity index (χ2v) is 2.22. The van der Waals surface area contributed by atoms with E-state index >= 15 is 0 Å². The van der Waals surface area contributed by atoms with Gasteiger partial charge in [-0.1, -0.05) is 0 Å². The third kappa shape index (κ3) is 5.86. The maximum Gasteiger partial charge on any atom is 0.0676 e. The summed E-state index contributed by atoms with van der Waals surface area (Å²) in [6.45, 7) is 2.36. The highest BCUT2D eigenvalue weighted by Crippen LogP contribution is 1.99. The first kappa shape index (κ1) is 11.6. The summed E-state index contributed by atoms with van der Waals surface area (Å²) in [7, 11) is 0. The van der Waals surface area contributed by atoms with Crippen molar-refractivity contribution in [2.45, 2.75) is 13.3 Å². The molecular weight excluding hydrogens is 176 g/mol. The van der Waals surface area contributed by atoms with Crippen molar-refractivity contribution < 1.29 is 24.5 Å². The van der Waals surface area contributed by atoms with E-state index in [-0.39, 0.29) is 18.6 Å². The van der Waals surface area contributed by atoms with Crippen LogP contribution in [-0.2, 0) is 14.3 Å². The monoisotopic (exact) mass is 186 g/mol. The molecule has 0 heterocycles. The van der Waals surface area contributed by atoms with E-state index in [1.807, 2.05) is 0 Å². The van der Waals surface area contributed by atoms with Crippen LogP contribution in [0.5, 0.6) is 0 Å². The molecule has 74 valence electrons. The quantitative estimate of drug-likeness (QED) is 0.348. The van der Waals surface area contributed by atoms with Crippen LogP contribution in [0.1, 0.15) is 13.3 Å². The molecule has 0 aromatic heterocycles. The van der Waals surface area contributed by atoms with Crippen LogP contribution >= 0.6 is 0 Å². The van der Waals surface area contributed by atoms with Crippen molar-refractivity contribution in [1.82, 2.24) is 0 Å². The van der Waals surface area contributed by atoms with Gasteiger partial charge in [-0.3, -0.25) is 0 Å². The van der Waals surface area contributed by atoms with E-state index in [1.54, 1.807) is 6.92 Å². The van der Waals surface area contributed by atoms with E-state index in [2.05, 4.69) is 0 Å². The molecule has 0 aromatic rings. The van der Waals surface area contributed by atoms with Gasteiger partial charge in [0.1, 0.15) is 0 Å². The minimum absolute atomic E-state index is 0.00412. The maximum atomic E-state index is 10.3. The largest absolute Gasteiger partial charge is 0.545 e. The first-order valence-electron chi connectivity index (χ1n) is 3.78. The Bertz CT molecular complexity index is 219. The minimum atomic E-state index is -1.55. The Morgan fingerprint density at radius 1 is 1.38 bits per heavy atom. The smallest absolute Gasteiger partial charge is 0.0676 e.